The van der Waals surface area contributed by atoms with Crippen molar-refractivity contribution in [3.8, 4) is 0 Å². The van der Waals surface area contributed by atoms with Gasteiger partial charge in [0.2, 0.25) is 5.91 Å². The number of benzene rings is 1. The Hall–Kier alpha value is -0.970. The average molecular weight is 320 g/mol. The molecule has 0 bridgehead atoms. The molecular formula is C14H23Cl2N3O. The molecule has 1 amide bonds. The maximum absolute atomic E-state index is 12.1. The van der Waals surface area contributed by atoms with Crippen molar-refractivity contribution in [2.75, 3.05) is 45.2 Å². The first-order valence-corrected chi connectivity index (χ1v) is 6.44. The average Bonchev–Trinajstić information content (AvgIpc) is 2.79. The van der Waals surface area contributed by atoms with E-state index in [1.807, 2.05) is 20.2 Å². The molecule has 0 atom stereocenters. The Bertz CT molecular complexity index is 429. The van der Waals surface area contributed by atoms with E-state index >= 15 is 0 Å². The summed E-state index contributed by atoms with van der Waals surface area (Å²) in [7, 11) is 3.76. The summed E-state index contributed by atoms with van der Waals surface area (Å²) in [5, 5.41) is 3.06. The normalized spacial score (nSPS) is 12.2. The van der Waals surface area contributed by atoms with Gasteiger partial charge in [-0.15, -0.1) is 24.8 Å². The largest absolute Gasteiger partial charge is 0.362 e. The molecule has 1 aliphatic rings. The van der Waals surface area contributed by atoms with Crippen molar-refractivity contribution >= 4 is 36.4 Å². The van der Waals surface area contributed by atoms with Crippen LogP contribution < -0.4 is 10.2 Å². The van der Waals surface area contributed by atoms with Crippen LogP contribution in [0.3, 0.4) is 0 Å². The van der Waals surface area contributed by atoms with Crippen LogP contribution in [-0.2, 0) is 11.2 Å². The van der Waals surface area contributed by atoms with Crippen molar-refractivity contribution in [2.24, 2.45) is 0 Å². The number of nitrogens with zero attached hydrogens (tertiary/aromatic N) is 2. The molecule has 0 spiro atoms. The number of anilines is 1. The molecule has 0 fully saturated rings. The first-order valence-electron chi connectivity index (χ1n) is 6.44. The zero-order chi connectivity index (χ0) is 13.0. The SMILES string of the molecule is CNCCN(C)C(=O)CN1CCc2ccccc21.Cl.Cl. The zero-order valence-corrected chi connectivity index (χ0v) is 13.6. The van der Waals surface area contributed by atoms with E-state index in [0.717, 1.165) is 26.1 Å². The van der Waals surface area contributed by atoms with E-state index in [-0.39, 0.29) is 30.7 Å². The summed E-state index contributed by atoms with van der Waals surface area (Å²) in [5.74, 6) is 0.182. The molecule has 0 aliphatic carbocycles. The minimum Gasteiger partial charge on any atom is -0.362 e. The van der Waals surface area contributed by atoms with Gasteiger partial charge in [-0.25, -0.2) is 0 Å². The summed E-state index contributed by atoms with van der Waals surface area (Å²) in [4.78, 5) is 16.0. The number of para-hydroxylation sites is 1. The Morgan fingerprint density at radius 1 is 1.35 bits per heavy atom. The number of hydrogen-bond acceptors (Lipinski definition) is 3. The Morgan fingerprint density at radius 2 is 2.05 bits per heavy atom. The lowest BCUT2D eigenvalue weighted by Crippen LogP contribution is -2.40. The molecule has 4 nitrogen and oxygen atoms in total. The lowest BCUT2D eigenvalue weighted by Gasteiger charge is -2.23. The number of likely N-dealkylation sites (N-methyl/N-ethyl adjacent to an activating group) is 2. The van der Waals surface area contributed by atoms with Crippen LogP contribution in [0, 0.1) is 0 Å². The molecule has 1 aromatic carbocycles. The predicted molar refractivity (Wildman–Crippen MR) is 88.4 cm³/mol. The Kier molecular flexibility index (Phi) is 8.62. The minimum atomic E-state index is 0. The van der Waals surface area contributed by atoms with Crippen molar-refractivity contribution in [2.45, 2.75) is 6.42 Å². The van der Waals surface area contributed by atoms with E-state index in [2.05, 4.69) is 28.4 Å². The fourth-order valence-electron chi connectivity index (χ4n) is 2.26. The summed E-state index contributed by atoms with van der Waals surface area (Å²) in [6.07, 6.45) is 1.05. The van der Waals surface area contributed by atoms with Gasteiger partial charge in [-0.1, -0.05) is 18.2 Å². The van der Waals surface area contributed by atoms with E-state index in [1.165, 1.54) is 11.3 Å². The summed E-state index contributed by atoms with van der Waals surface area (Å²) >= 11 is 0. The molecule has 0 saturated carbocycles. The van der Waals surface area contributed by atoms with Gasteiger partial charge in [0, 0.05) is 32.4 Å². The molecule has 1 heterocycles. The standard InChI is InChI=1S/C14H21N3O.2ClH/c1-15-8-10-16(2)14(18)11-17-9-7-12-5-3-4-6-13(12)17;;/h3-6,15H,7-11H2,1-2H3;2*1H. The van der Waals surface area contributed by atoms with Gasteiger partial charge in [0.25, 0.3) is 0 Å². The second-order valence-electron chi connectivity index (χ2n) is 4.72. The Morgan fingerprint density at radius 3 is 2.75 bits per heavy atom. The highest BCUT2D eigenvalue weighted by atomic mass is 35.5. The lowest BCUT2D eigenvalue weighted by atomic mass is 10.2. The number of nitrogens with one attached hydrogen (secondary N) is 1. The molecule has 0 saturated heterocycles. The fraction of sp³-hybridized carbons (Fsp3) is 0.500. The number of rotatable bonds is 5. The summed E-state index contributed by atoms with van der Waals surface area (Å²) in [5.41, 5.74) is 2.57. The van der Waals surface area contributed by atoms with E-state index < -0.39 is 0 Å². The number of hydrogen-bond donors (Lipinski definition) is 1. The number of halogens is 2. The second kappa shape index (κ2) is 9.06. The first-order chi connectivity index (χ1) is 8.72. The Labute approximate surface area is 133 Å². The molecule has 0 aromatic heterocycles. The summed E-state index contributed by atoms with van der Waals surface area (Å²) < 4.78 is 0. The topological polar surface area (TPSA) is 35.6 Å². The number of carbonyl (C=O) groups is 1. The second-order valence-corrected chi connectivity index (χ2v) is 4.72. The number of amides is 1. The molecule has 0 unspecified atom stereocenters. The molecule has 2 rings (SSSR count). The fourth-order valence-corrected chi connectivity index (χ4v) is 2.26. The minimum absolute atomic E-state index is 0. The van der Waals surface area contributed by atoms with E-state index in [1.54, 1.807) is 4.90 Å². The van der Waals surface area contributed by atoms with Crippen LogP contribution in [0.5, 0.6) is 0 Å². The van der Waals surface area contributed by atoms with Gasteiger partial charge in [-0.2, -0.15) is 0 Å². The molecule has 6 heteroatoms. The van der Waals surface area contributed by atoms with Gasteiger partial charge >= 0.3 is 0 Å². The third kappa shape index (κ3) is 4.54. The predicted octanol–water partition coefficient (Wildman–Crippen LogP) is 1.57. The van der Waals surface area contributed by atoms with Crippen LogP contribution >= 0.6 is 24.8 Å². The highest BCUT2D eigenvalue weighted by Crippen LogP contribution is 2.26. The van der Waals surface area contributed by atoms with E-state index in [9.17, 15) is 4.79 Å². The maximum atomic E-state index is 12.1. The van der Waals surface area contributed by atoms with Crippen LogP contribution in [0.15, 0.2) is 24.3 Å². The smallest absolute Gasteiger partial charge is 0.241 e. The third-order valence-corrected chi connectivity index (χ3v) is 3.43. The summed E-state index contributed by atoms with van der Waals surface area (Å²) in [6, 6.07) is 8.34. The van der Waals surface area contributed by atoms with Crippen LogP contribution in [0.1, 0.15) is 5.56 Å². The van der Waals surface area contributed by atoms with Crippen LogP contribution in [-0.4, -0.2) is 51.1 Å². The monoisotopic (exact) mass is 319 g/mol. The van der Waals surface area contributed by atoms with Gasteiger partial charge in [-0.3, -0.25) is 4.79 Å². The van der Waals surface area contributed by atoms with Crippen molar-refractivity contribution in [1.82, 2.24) is 10.2 Å². The molecule has 1 aliphatic heterocycles. The molecule has 1 N–H and O–H groups in total. The molecular weight excluding hydrogens is 297 g/mol. The van der Waals surface area contributed by atoms with E-state index in [0.29, 0.717) is 6.54 Å². The molecule has 0 radical (unpaired) electrons. The van der Waals surface area contributed by atoms with Gasteiger partial charge < -0.3 is 15.1 Å². The quantitative estimate of drug-likeness (QED) is 0.895. The third-order valence-electron chi connectivity index (χ3n) is 3.43. The van der Waals surface area contributed by atoms with Crippen molar-refractivity contribution in [3.63, 3.8) is 0 Å². The highest BCUT2D eigenvalue weighted by Gasteiger charge is 2.21. The lowest BCUT2D eigenvalue weighted by molar-refractivity contribution is -0.128. The van der Waals surface area contributed by atoms with Crippen LogP contribution in [0.2, 0.25) is 0 Å². The van der Waals surface area contributed by atoms with Crippen molar-refractivity contribution in [1.29, 1.82) is 0 Å². The van der Waals surface area contributed by atoms with Crippen molar-refractivity contribution in [3.05, 3.63) is 29.8 Å². The number of carbonyl (C=O) groups excluding carboxylic acids is 1. The molecule has 1 aromatic rings. The van der Waals surface area contributed by atoms with Gasteiger partial charge in [0.1, 0.15) is 0 Å². The van der Waals surface area contributed by atoms with Gasteiger partial charge in [0.15, 0.2) is 0 Å². The first kappa shape index (κ1) is 19.0. The van der Waals surface area contributed by atoms with Crippen molar-refractivity contribution < 1.29 is 4.79 Å². The highest BCUT2D eigenvalue weighted by molar-refractivity contribution is 5.85. The molecule has 114 valence electrons. The zero-order valence-electron chi connectivity index (χ0n) is 12.0. The van der Waals surface area contributed by atoms with Crippen LogP contribution in [0.25, 0.3) is 0 Å². The van der Waals surface area contributed by atoms with Crippen LogP contribution in [0.4, 0.5) is 5.69 Å². The van der Waals surface area contributed by atoms with Gasteiger partial charge in [-0.05, 0) is 25.1 Å². The molecule has 20 heavy (non-hydrogen) atoms. The Balaban J connectivity index is 0.00000180. The summed E-state index contributed by atoms with van der Waals surface area (Å²) in [6.45, 7) is 3.02. The maximum Gasteiger partial charge on any atom is 0.241 e. The number of fused-ring (bicyclic) bond motifs is 1. The van der Waals surface area contributed by atoms with E-state index in [4.69, 9.17) is 0 Å². The van der Waals surface area contributed by atoms with Gasteiger partial charge in [0.05, 0.1) is 6.54 Å².